The Morgan fingerprint density at radius 3 is 2.70 bits per heavy atom. The average Bonchev–Trinajstić information content (AvgIpc) is 2.88. The van der Waals surface area contributed by atoms with E-state index in [-0.39, 0.29) is 29.1 Å². The molecular formula is C18H17ClN4O4. The topological polar surface area (TPSA) is 101 Å². The lowest BCUT2D eigenvalue weighted by atomic mass is 10.1. The maximum absolute atomic E-state index is 12.5. The Labute approximate surface area is 160 Å². The zero-order valence-corrected chi connectivity index (χ0v) is 15.2. The van der Waals surface area contributed by atoms with E-state index >= 15 is 0 Å². The molecule has 3 rings (SSSR count). The van der Waals surface area contributed by atoms with Gasteiger partial charge in [-0.3, -0.25) is 14.5 Å². The van der Waals surface area contributed by atoms with Crippen LogP contribution in [0.5, 0.6) is 0 Å². The Morgan fingerprint density at radius 2 is 1.96 bits per heavy atom. The second-order valence-electron chi connectivity index (χ2n) is 5.79. The molecule has 2 aromatic rings. The number of aromatic nitrogens is 1. The zero-order valence-electron chi connectivity index (χ0n) is 14.5. The fraction of sp³-hybridized carbons (Fsp3) is 0.222. The summed E-state index contributed by atoms with van der Waals surface area (Å²) < 4.78 is 4.95. The highest BCUT2D eigenvalue weighted by Gasteiger charge is 2.35. The van der Waals surface area contributed by atoms with E-state index in [9.17, 15) is 14.4 Å². The summed E-state index contributed by atoms with van der Waals surface area (Å²) in [5.74, 6) is -0.727. The van der Waals surface area contributed by atoms with Crippen LogP contribution >= 0.6 is 11.6 Å². The quantitative estimate of drug-likeness (QED) is 0.450. The number of amides is 4. The number of ether oxygens (including phenoxy) is 1. The van der Waals surface area contributed by atoms with E-state index in [1.54, 1.807) is 25.3 Å². The van der Waals surface area contributed by atoms with Crippen LogP contribution in [0.25, 0.3) is 0 Å². The van der Waals surface area contributed by atoms with Gasteiger partial charge >= 0.3 is 6.03 Å². The lowest BCUT2D eigenvalue weighted by Gasteiger charge is -2.12. The maximum Gasteiger partial charge on any atom is 0.323 e. The number of rotatable bonds is 6. The van der Waals surface area contributed by atoms with Crippen LogP contribution < -0.4 is 10.6 Å². The molecular weight excluding hydrogens is 372 g/mol. The molecule has 0 saturated heterocycles. The third-order valence-corrected chi connectivity index (χ3v) is 4.27. The number of benzene rings is 1. The van der Waals surface area contributed by atoms with Gasteiger partial charge in [0.1, 0.15) is 0 Å². The number of fused-ring (bicyclic) bond motifs is 1. The van der Waals surface area contributed by atoms with Crippen molar-refractivity contribution in [1.29, 1.82) is 0 Å². The first-order chi connectivity index (χ1) is 13.0. The number of hydrogen-bond donors (Lipinski definition) is 2. The molecule has 0 radical (unpaired) electrons. The molecule has 0 fully saturated rings. The van der Waals surface area contributed by atoms with Gasteiger partial charge in [0.15, 0.2) is 5.15 Å². The number of nitrogens with zero attached hydrogens (tertiary/aromatic N) is 2. The fourth-order valence-corrected chi connectivity index (χ4v) is 2.87. The first kappa shape index (κ1) is 18.8. The van der Waals surface area contributed by atoms with E-state index in [0.717, 1.165) is 0 Å². The smallest absolute Gasteiger partial charge is 0.323 e. The number of urea groups is 1. The van der Waals surface area contributed by atoms with Crippen LogP contribution in [0.1, 0.15) is 27.1 Å². The van der Waals surface area contributed by atoms with Gasteiger partial charge in [0.05, 0.1) is 16.8 Å². The Bertz CT molecular complexity index is 903. The highest BCUT2D eigenvalue weighted by atomic mass is 35.5. The Kier molecular flexibility index (Phi) is 5.68. The van der Waals surface area contributed by atoms with E-state index < -0.39 is 6.03 Å². The molecule has 140 valence electrons. The molecule has 8 nitrogen and oxygen atoms in total. The van der Waals surface area contributed by atoms with Gasteiger partial charge in [0, 0.05) is 32.1 Å². The predicted molar refractivity (Wildman–Crippen MR) is 100 cm³/mol. The molecule has 0 aliphatic carbocycles. The SMILES string of the molecule is COCCCN1C(=O)c2ccc(NC(=O)Nc3cccnc3Cl)cc2C1=O. The molecule has 0 atom stereocenters. The van der Waals surface area contributed by atoms with Crippen molar-refractivity contribution in [1.82, 2.24) is 9.88 Å². The van der Waals surface area contributed by atoms with Gasteiger partial charge in [-0.25, -0.2) is 9.78 Å². The molecule has 2 N–H and O–H groups in total. The van der Waals surface area contributed by atoms with Crippen LogP contribution in [0.2, 0.25) is 5.15 Å². The van der Waals surface area contributed by atoms with Crippen molar-refractivity contribution in [2.24, 2.45) is 0 Å². The number of carbonyl (C=O) groups is 3. The number of anilines is 2. The average molecular weight is 389 g/mol. The monoisotopic (exact) mass is 388 g/mol. The van der Waals surface area contributed by atoms with Gasteiger partial charge in [0.2, 0.25) is 0 Å². The van der Waals surface area contributed by atoms with Crippen LogP contribution in [-0.2, 0) is 4.74 Å². The minimum atomic E-state index is -0.543. The standard InChI is InChI=1S/C18H17ClN4O4/c1-27-9-3-8-23-16(24)12-6-5-11(10-13(12)17(23)25)21-18(26)22-14-4-2-7-20-15(14)19/h2,4-7,10H,3,8-9H2,1H3,(H2,21,22,26). The normalized spacial score (nSPS) is 12.9. The van der Waals surface area contributed by atoms with Gasteiger partial charge in [-0.05, 0) is 36.8 Å². The number of pyridine rings is 1. The van der Waals surface area contributed by atoms with Crippen molar-refractivity contribution in [3.63, 3.8) is 0 Å². The Balaban J connectivity index is 1.70. The van der Waals surface area contributed by atoms with Gasteiger partial charge in [-0.2, -0.15) is 0 Å². The molecule has 2 heterocycles. The number of imide groups is 1. The van der Waals surface area contributed by atoms with Crippen molar-refractivity contribution < 1.29 is 19.1 Å². The molecule has 1 aromatic carbocycles. The maximum atomic E-state index is 12.5. The van der Waals surface area contributed by atoms with Gasteiger partial charge < -0.3 is 15.4 Å². The zero-order chi connectivity index (χ0) is 19.4. The number of methoxy groups -OCH3 is 1. The third-order valence-electron chi connectivity index (χ3n) is 3.97. The molecule has 1 aliphatic rings. The Morgan fingerprint density at radius 1 is 1.19 bits per heavy atom. The van der Waals surface area contributed by atoms with E-state index in [4.69, 9.17) is 16.3 Å². The van der Waals surface area contributed by atoms with Crippen molar-refractivity contribution in [2.45, 2.75) is 6.42 Å². The summed E-state index contributed by atoms with van der Waals surface area (Å²) in [4.78, 5) is 42.0. The van der Waals surface area contributed by atoms with Crippen molar-refractivity contribution in [3.8, 4) is 0 Å². The van der Waals surface area contributed by atoms with E-state index in [1.807, 2.05) is 0 Å². The highest BCUT2D eigenvalue weighted by molar-refractivity contribution is 6.32. The van der Waals surface area contributed by atoms with Crippen molar-refractivity contribution >= 4 is 40.8 Å². The molecule has 0 unspecified atom stereocenters. The summed E-state index contributed by atoms with van der Waals surface area (Å²) >= 11 is 5.90. The van der Waals surface area contributed by atoms with E-state index in [1.165, 1.54) is 23.2 Å². The number of nitrogens with one attached hydrogen (secondary N) is 2. The molecule has 0 saturated carbocycles. The number of carbonyl (C=O) groups excluding carboxylic acids is 3. The second kappa shape index (κ2) is 8.15. The van der Waals surface area contributed by atoms with E-state index in [0.29, 0.717) is 30.0 Å². The summed E-state index contributed by atoms with van der Waals surface area (Å²) in [6, 6.07) is 7.28. The summed E-state index contributed by atoms with van der Waals surface area (Å²) in [7, 11) is 1.56. The molecule has 9 heteroatoms. The summed E-state index contributed by atoms with van der Waals surface area (Å²) in [5, 5.41) is 5.34. The summed E-state index contributed by atoms with van der Waals surface area (Å²) in [6.45, 7) is 0.736. The van der Waals surface area contributed by atoms with Crippen molar-refractivity contribution in [3.05, 3.63) is 52.8 Å². The molecule has 0 spiro atoms. The van der Waals surface area contributed by atoms with E-state index in [2.05, 4.69) is 15.6 Å². The van der Waals surface area contributed by atoms with Crippen LogP contribution in [0, 0.1) is 0 Å². The molecule has 1 aliphatic heterocycles. The fourth-order valence-electron chi connectivity index (χ4n) is 2.70. The predicted octanol–water partition coefficient (Wildman–Crippen LogP) is 3.01. The first-order valence-electron chi connectivity index (χ1n) is 8.19. The van der Waals surface area contributed by atoms with Crippen LogP contribution in [0.3, 0.4) is 0 Å². The Hall–Kier alpha value is -2.97. The largest absolute Gasteiger partial charge is 0.385 e. The molecule has 4 amide bonds. The molecule has 27 heavy (non-hydrogen) atoms. The summed E-state index contributed by atoms with van der Waals surface area (Å²) in [5.41, 5.74) is 1.31. The van der Waals surface area contributed by atoms with Gasteiger partial charge in [-0.15, -0.1) is 0 Å². The molecule has 0 bridgehead atoms. The highest BCUT2D eigenvalue weighted by Crippen LogP contribution is 2.26. The minimum Gasteiger partial charge on any atom is -0.385 e. The summed E-state index contributed by atoms with van der Waals surface area (Å²) in [6.07, 6.45) is 2.06. The minimum absolute atomic E-state index is 0.161. The number of halogens is 1. The second-order valence-corrected chi connectivity index (χ2v) is 6.15. The van der Waals surface area contributed by atoms with Crippen LogP contribution in [0.4, 0.5) is 16.2 Å². The third kappa shape index (κ3) is 4.07. The lowest BCUT2D eigenvalue weighted by molar-refractivity contribution is 0.0638. The first-order valence-corrected chi connectivity index (χ1v) is 8.56. The van der Waals surface area contributed by atoms with Crippen molar-refractivity contribution in [2.75, 3.05) is 30.9 Å². The van der Waals surface area contributed by atoms with Crippen LogP contribution in [-0.4, -0.2) is 48.0 Å². The van der Waals surface area contributed by atoms with Gasteiger partial charge in [0.25, 0.3) is 11.8 Å². The van der Waals surface area contributed by atoms with Crippen LogP contribution in [0.15, 0.2) is 36.5 Å². The number of hydrogen-bond acceptors (Lipinski definition) is 5. The lowest BCUT2D eigenvalue weighted by Crippen LogP contribution is -2.31. The molecule has 1 aromatic heterocycles. The van der Waals surface area contributed by atoms with Gasteiger partial charge in [-0.1, -0.05) is 11.6 Å².